The molecule has 3 aliphatic heterocycles. The van der Waals surface area contributed by atoms with Gasteiger partial charge in [-0.1, -0.05) is 61.8 Å². The van der Waals surface area contributed by atoms with Crippen molar-refractivity contribution in [1.82, 2.24) is 25.3 Å². The lowest BCUT2D eigenvalue weighted by Gasteiger charge is -2.52. The second-order valence-corrected chi connectivity index (χ2v) is 13.2. The third kappa shape index (κ3) is 7.31. The number of likely N-dealkylation sites (tertiary alicyclic amines) is 1. The van der Waals surface area contributed by atoms with Gasteiger partial charge in [-0.3, -0.25) is 14.5 Å². The number of likely N-dealkylation sites (N-methyl/N-ethyl adjacent to an activating group) is 1. The second kappa shape index (κ2) is 13.2. The van der Waals surface area contributed by atoms with Gasteiger partial charge in [0, 0.05) is 68.7 Å². The second-order valence-electron chi connectivity index (χ2n) is 12.8. The number of rotatable bonds is 9. The maximum absolute atomic E-state index is 14.0. The minimum Gasteiger partial charge on any atom is -0.344 e. The van der Waals surface area contributed by atoms with Crippen LogP contribution >= 0.6 is 11.6 Å². The molecule has 2 fully saturated rings. The first-order chi connectivity index (χ1) is 19.7. The fourth-order valence-corrected chi connectivity index (χ4v) is 7.46. The van der Waals surface area contributed by atoms with E-state index in [1.165, 1.54) is 30.4 Å². The fourth-order valence-electron chi connectivity index (χ4n) is 7.33. The molecule has 0 bridgehead atoms. The van der Waals surface area contributed by atoms with Gasteiger partial charge in [-0.2, -0.15) is 0 Å². The molecule has 7 nitrogen and oxygen atoms in total. The Hall–Kier alpha value is -2.45. The van der Waals surface area contributed by atoms with Crippen molar-refractivity contribution in [3.8, 4) is 0 Å². The summed E-state index contributed by atoms with van der Waals surface area (Å²) in [5.41, 5.74) is 3.56. The highest BCUT2D eigenvalue weighted by molar-refractivity contribution is 6.30. The van der Waals surface area contributed by atoms with E-state index < -0.39 is 6.04 Å². The third-order valence-corrected chi connectivity index (χ3v) is 9.39. The minimum atomic E-state index is -0.614. The number of nitrogens with zero attached hydrogens (tertiary/aromatic N) is 3. The summed E-state index contributed by atoms with van der Waals surface area (Å²) in [6.07, 6.45) is 4.37. The fraction of sp³-hybridized carbons (Fsp3) is 0.576. The molecule has 3 heterocycles. The molecule has 0 aromatic heterocycles. The number of piperidine rings is 1. The van der Waals surface area contributed by atoms with Gasteiger partial charge in [0.25, 0.3) is 0 Å². The van der Waals surface area contributed by atoms with E-state index in [9.17, 15) is 9.59 Å². The van der Waals surface area contributed by atoms with Crippen LogP contribution in [0.3, 0.4) is 0 Å². The van der Waals surface area contributed by atoms with Gasteiger partial charge >= 0.3 is 0 Å². The van der Waals surface area contributed by atoms with Crippen molar-refractivity contribution >= 4 is 23.4 Å². The van der Waals surface area contributed by atoms with Crippen molar-refractivity contribution in [2.75, 3.05) is 46.3 Å². The molecular formula is C33H46ClN5O2. The maximum atomic E-state index is 14.0. The third-order valence-electron chi connectivity index (χ3n) is 9.14. The molecule has 3 atom stereocenters. The first-order valence-electron chi connectivity index (χ1n) is 15.3. The van der Waals surface area contributed by atoms with E-state index in [-0.39, 0.29) is 23.4 Å². The maximum Gasteiger partial charge on any atom is 0.245 e. The van der Waals surface area contributed by atoms with Crippen molar-refractivity contribution in [2.45, 2.75) is 70.1 Å². The largest absolute Gasteiger partial charge is 0.344 e. The molecular weight excluding hydrogens is 534 g/mol. The van der Waals surface area contributed by atoms with Crippen molar-refractivity contribution in [3.05, 3.63) is 70.2 Å². The van der Waals surface area contributed by atoms with Crippen LogP contribution in [0.5, 0.6) is 0 Å². The average molecular weight is 580 g/mol. The lowest BCUT2D eigenvalue weighted by atomic mass is 9.80. The monoisotopic (exact) mass is 579 g/mol. The quantitative estimate of drug-likeness (QED) is 0.465. The zero-order valence-electron chi connectivity index (χ0n) is 24.9. The molecule has 8 heteroatoms. The van der Waals surface area contributed by atoms with Crippen LogP contribution < -0.4 is 10.6 Å². The number of halogens is 1. The molecule has 41 heavy (non-hydrogen) atoms. The van der Waals surface area contributed by atoms with Crippen molar-refractivity contribution in [2.24, 2.45) is 5.92 Å². The molecule has 0 spiro atoms. The van der Waals surface area contributed by atoms with Crippen LogP contribution in [0, 0.1) is 5.92 Å². The zero-order chi connectivity index (χ0) is 29.0. The Morgan fingerprint density at radius 3 is 2.49 bits per heavy atom. The SMILES string of the molecule is CC(C)CC1(N2CCN(C(=O)[C@@H](Cc3ccc(Cl)cc3)NC(=O)CC3NCc4ccccc43)CC2)CCCN(C)C1. The molecule has 222 valence electrons. The summed E-state index contributed by atoms with van der Waals surface area (Å²) in [5.74, 6) is 0.527. The Morgan fingerprint density at radius 1 is 1.05 bits per heavy atom. The Kier molecular flexibility index (Phi) is 9.70. The predicted octanol–water partition coefficient (Wildman–Crippen LogP) is 4.26. The van der Waals surface area contributed by atoms with Crippen LogP contribution in [0.15, 0.2) is 48.5 Å². The lowest BCUT2D eigenvalue weighted by molar-refractivity contribution is -0.139. The Morgan fingerprint density at radius 2 is 1.78 bits per heavy atom. The van der Waals surface area contributed by atoms with Gasteiger partial charge in [0.15, 0.2) is 0 Å². The van der Waals surface area contributed by atoms with E-state index in [0.717, 1.165) is 38.3 Å². The summed E-state index contributed by atoms with van der Waals surface area (Å²) in [6, 6.07) is 15.1. The van der Waals surface area contributed by atoms with Crippen LogP contribution in [-0.2, 0) is 22.6 Å². The van der Waals surface area contributed by atoms with Crippen LogP contribution in [0.4, 0.5) is 0 Å². The van der Waals surface area contributed by atoms with Crippen molar-refractivity contribution < 1.29 is 9.59 Å². The molecule has 2 aromatic rings. The molecule has 0 saturated carbocycles. The molecule has 2 aromatic carbocycles. The Labute approximate surface area is 250 Å². The van der Waals surface area contributed by atoms with Gasteiger partial charge in [0.2, 0.25) is 11.8 Å². The normalized spacial score (nSPS) is 24.3. The molecule has 0 radical (unpaired) electrons. The van der Waals surface area contributed by atoms with E-state index in [1.54, 1.807) is 0 Å². The van der Waals surface area contributed by atoms with Crippen LogP contribution in [0.1, 0.15) is 62.3 Å². The van der Waals surface area contributed by atoms with Crippen LogP contribution in [0.2, 0.25) is 5.02 Å². The summed E-state index contributed by atoms with van der Waals surface area (Å²) in [6.45, 7) is 10.8. The van der Waals surface area contributed by atoms with E-state index in [4.69, 9.17) is 11.6 Å². The number of hydrogen-bond donors (Lipinski definition) is 2. The highest BCUT2D eigenvalue weighted by Crippen LogP contribution is 2.34. The van der Waals surface area contributed by atoms with E-state index in [1.807, 2.05) is 41.3 Å². The number of benzene rings is 2. The minimum absolute atomic E-state index is 0.00593. The van der Waals surface area contributed by atoms with Gasteiger partial charge < -0.3 is 20.4 Å². The zero-order valence-corrected chi connectivity index (χ0v) is 25.6. The van der Waals surface area contributed by atoms with Gasteiger partial charge in [-0.05, 0) is 67.6 Å². The van der Waals surface area contributed by atoms with Crippen LogP contribution in [0.25, 0.3) is 0 Å². The number of nitrogens with one attached hydrogen (secondary N) is 2. The topological polar surface area (TPSA) is 67.9 Å². The Balaban J connectivity index is 1.26. The van der Waals surface area contributed by atoms with Gasteiger partial charge in [0.1, 0.15) is 6.04 Å². The number of amides is 2. The smallest absolute Gasteiger partial charge is 0.245 e. The van der Waals surface area contributed by atoms with Crippen molar-refractivity contribution in [1.29, 1.82) is 0 Å². The summed E-state index contributed by atoms with van der Waals surface area (Å²) in [5, 5.41) is 7.24. The lowest BCUT2D eigenvalue weighted by Crippen LogP contribution is -2.64. The van der Waals surface area contributed by atoms with Gasteiger partial charge in [0.05, 0.1) is 0 Å². The van der Waals surface area contributed by atoms with E-state index in [0.29, 0.717) is 36.9 Å². The Bertz CT molecular complexity index is 1190. The summed E-state index contributed by atoms with van der Waals surface area (Å²) < 4.78 is 0. The molecule has 3 aliphatic rings. The van der Waals surface area contributed by atoms with E-state index >= 15 is 0 Å². The highest BCUT2D eigenvalue weighted by Gasteiger charge is 2.42. The summed E-state index contributed by atoms with van der Waals surface area (Å²) in [7, 11) is 2.23. The standard InChI is InChI=1S/C33H46ClN5O2/c1-24(2)21-33(13-6-14-37(3)23-33)39-17-15-38(16-18-39)32(41)30(19-25-9-11-27(34)12-10-25)36-31(40)20-29-28-8-5-4-7-26(28)22-35-29/h4-5,7-12,24,29-30,35H,6,13-23H2,1-3H3,(H,36,40)/t29?,30-,33?/m1/s1. The number of hydrogen-bond acceptors (Lipinski definition) is 5. The molecule has 5 rings (SSSR count). The molecule has 2 saturated heterocycles. The first kappa shape index (κ1) is 30.0. The molecule has 2 amide bonds. The van der Waals surface area contributed by atoms with Gasteiger partial charge in [-0.15, -0.1) is 0 Å². The predicted molar refractivity (Wildman–Crippen MR) is 165 cm³/mol. The van der Waals surface area contributed by atoms with E-state index in [2.05, 4.69) is 53.5 Å². The average Bonchev–Trinajstić information content (AvgIpc) is 3.35. The molecule has 2 unspecified atom stereocenters. The van der Waals surface area contributed by atoms with Crippen molar-refractivity contribution in [3.63, 3.8) is 0 Å². The number of fused-ring (bicyclic) bond motifs is 1. The summed E-state index contributed by atoms with van der Waals surface area (Å²) in [4.78, 5) is 34.4. The number of piperazine rings is 1. The molecule has 0 aliphatic carbocycles. The number of carbonyl (C=O) groups excluding carboxylic acids is 2. The summed E-state index contributed by atoms with van der Waals surface area (Å²) >= 11 is 6.12. The van der Waals surface area contributed by atoms with Crippen LogP contribution in [-0.4, -0.2) is 84.4 Å². The first-order valence-corrected chi connectivity index (χ1v) is 15.7. The highest BCUT2D eigenvalue weighted by atomic mass is 35.5. The number of carbonyl (C=O) groups is 2. The van der Waals surface area contributed by atoms with Gasteiger partial charge in [-0.25, -0.2) is 0 Å². The molecule has 2 N–H and O–H groups in total.